The van der Waals surface area contributed by atoms with E-state index in [0.717, 1.165) is 12.2 Å². The van der Waals surface area contributed by atoms with Crippen LogP contribution in [0.5, 0.6) is 0 Å². The summed E-state index contributed by atoms with van der Waals surface area (Å²) in [5.41, 5.74) is -1.44. The second kappa shape index (κ2) is 8.27. The summed E-state index contributed by atoms with van der Waals surface area (Å²) in [4.78, 5) is 24.0. The Morgan fingerprint density at radius 2 is 2.05 bits per heavy atom. The molecular formula is C12H24N2O4S. The highest BCUT2D eigenvalue weighted by Crippen LogP contribution is 2.10. The molecule has 6 nitrogen and oxygen atoms in total. The Kier molecular flexibility index (Phi) is 7.85. The van der Waals surface area contributed by atoms with Crippen LogP contribution < -0.4 is 5.32 Å². The number of hydrogen-bond donors (Lipinski definition) is 3. The van der Waals surface area contributed by atoms with Gasteiger partial charge in [0.2, 0.25) is 0 Å². The number of carboxylic acid groups (broad SMARTS) is 1. The monoisotopic (exact) mass is 292 g/mol. The summed E-state index contributed by atoms with van der Waals surface area (Å²) < 4.78 is 0. The van der Waals surface area contributed by atoms with E-state index < -0.39 is 18.0 Å². The molecular weight excluding hydrogens is 268 g/mol. The molecule has 0 aliphatic rings. The molecule has 19 heavy (non-hydrogen) atoms. The van der Waals surface area contributed by atoms with Gasteiger partial charge in [-0.3, -0.25) is 4.79 Å². The molecule has 0 spiro atoms. The number of urea groups is 1. The van der Waals surface area contributed by atoms with E-state index in [2.05, 4.69) is 5.32 Å². The number of rotatable bonds is 8. The van der Waals surface area contributed by atoms with Crippen LogP contribution in [0.3, 0.4) is 0 Å². The van der Waals surface area contributed by atoms with Gasteiger partial charge in [-0.25, -0.2) is 4.79 Å². The third-order valence-corrected chi connectivity index (χ3v) is 3.57. The van der Waals surface area contributed by atoms with Crippen LogP contribution in [0.1, 0.15) is 26.7 Å². The van der Waals surface area contributed by atoms with E-state index in [-0.39, 0.29) is 18.6 Å². The third kappa shape index (κ3) is 7.27. The van der Waals surface area contributed by atoms with Crippen LogP contribution in [0.2, 0.25) is 0 Å². The fourth-order valence-electron chi connectivity index (χ4n) is 1.64. The maximum atomic E-state index is 11.9. The number of amides is 2. The SMILES string of the molecule is CCC(CSC)N(C)C(=O)NCC(C)(O)CC(=O)O. The third-order valence-electron chi connectivity index (χ3n) is 2.85. The average molecular weight is 292 g/mol. The standard InChI is InChI=1S/C12H24N2O4S/c1-5-9(7-19-4)14(3)11(17)13-8-12(2,18)6-10(15)16/h9,18H,5-8H2,1-4H3,(H,13,17)(H,15,16). The van der Waals surface area contributed by atoms with Crippen molar-refractivity contribution in [2.45, 2.75) is 38.3 Å². The highest BCUT2D eigenvalue weighted by atomic mass is 32.2. The molecule has 2 amide bonds. The van der Waals surface area contributed by atoms with Crippen molar-refractivity contribution < 1.29 is 19.8 Å². The zero-order valence-corrected chi connectivity index (χ0v) is 12.8. The quantitative estimate of drug-likeness (QED) is 0.621. The number of nitrogens with one attached hydrogen (secondary N) is 1. The number of carbonyl (C=O) groups is 2. The van der Waals surface area contributed by atoms with Crippen molar-refractivity contribution in [2.24, 2.45) is 0 Å². The summed E-state index contributed by atoms with van der Waals surface area (Å²) in [6.07, 6.45) is 2.42. The van der Waals surface area contributed by atoms with Crippen molar-refractivity contribution in [3.63, 3.8) is 0 Å². The van der Waals surface area contributed by atoms with Crippen molar-refractivity contribution in [3.8, 4) is 0 Å². The number of hydrogen-bond acceptors (Lipinski definition) is 4. The van der Waals surface area contributed by atoms with Gasteiger partial charge in [0, 0.05) is 25.4 Å². The predicted octanol–water partition coefficient (Wildman–Crippen LogP) is 0.995. The topological polar surface area (TPSA) is 89.9 Å². The molecule has 0 aromatic carbocycles. The molecule has 0 aromatic heterocycles. The molecule has 0 heterocycles. The molecule has 2 unspecified atom stereocenters. The van der Waals surface area contributed by atoms with Crippen molar-refractivity contribution in [2.75, 3.05) is 25.6 Å². The zero-order valence-electron chi connectivity index (χ0n) is 12.0. The van der Waals surface area contributed by atoms with Crippen molar-refractivity contribution in [1.82, 2.24) is 10.2 Å². The smallest absolute Gasteiger partial charge is 0.317 e. The summed E-state index contributed by atoms with van der Waals surface area (Å²) in [5.74, 6) is -0.257. The second-order valence-electron chi connectivity index (χ2n) is 4.85. The lowest BCUT2D eigenvalue weighted by atomic mass is 10.0. The van der Waals surface area contributed by atoms with Gasteiger partial charge in [-0.1, -0.05) is 6.92 Å². The molecule has 112 valence electrons. The normalized spacial score (nSPS) is 15.4. The molecule has 0 bridgehead atoms. The summed E-state index contributed by atoms with van der Waals surface area (Å²) in [5, 5.41) is 21.0. The van der Waals surface area contributed by atoms with Gasteiger partial charge < -0.3 is 20.4 Å². The van der Waals surface area contributed by atoms with Gasteiger partial charge in [-0.2, -0.15) is 11.8 Å². The molecule has 0 fully saturated rings. The first-order valence-electron chi connectivity index (χ1n) is 6.17. The van der Waals surface area contributed by atoms with Gasteiger partial charge in [0.1, 0.15) is 0 Å². The number of nitrogens with zero attached hydrogens (tertiary/aromatic N) is 1. The predicted molar refractivity (Wildman–Crippen MR) is 76.5 cm³/mol. The second-order valence-corrected chi connectivity index (χ2v) is 5.77. The number of thioether (sulfide) groups is 1. The lowest BCUT2D eigenvalue weighted by Gasteiger charge is -2.29. The van der Waals surface area contributed by atoms with Crippen molar-refractivity contribution in [3.05, 3.63) is 0 Å². The largest absolute Gasteiger partial charge is 0.481 e. The first kappa shape index (κ1) is 18.0. The van der Waals surface area contributed by atoms with Crippen LogP contribution in [0.4, 0.5) is 4.79 Å². The summed E-state index contributed by atoms with van der Waals surface area (Å²) in [6.45, 7) is 3.31. The van der Waals surface area contributed by atoms with Crippen LogP contribution >= 0.6 is 11.8 Å². The minimum absolute atomic E-state index is 0.0851. The number of aliphatic hydroxyl groups is 1. The molecule has 0 aliphatic heterocycles. The molecule has 0 radical (unpaired) electrons. The van der Waals surface area contributed by atoms with E-state index in [9.17, 15) is 14.7 Å². The van der Waals surface area contributed by atoms with Crippen LogP contribution in [0.15, 0.2) is 0 Å². The fourth-order valence-corrected chi connectivity index (χ4v) is 2.48. The minimum atomic E-state index is -1.44. The van der Waals surface area contributed by atoms with Crippen LogP contribution in [0.25, 0.3) is 0 Å². The Hall–Kier alpha value is -0.950. The Labute approximate surface area is 118 Å². The molecule has 0 saturated carbocycles. The number of carbonyl (C=O) groups excluding carboxylic acids is 1. The van der Waals surface area contributed by atoms with Gasteiger partial charge in [0.05, 0.1) is 12.0 Å². The van der Waals surface area contributed by atoms with Crippen LogP contribution in [-0.2, 0) is 4.79 Å². The zero-order chi connectivity index (χ0) is 15.1. The molecule has 2 atom stereocenters. The number of aliphatic carboxylic acids is 1. The summed E-state index contributed by atoms with van der Waals surface area (Å²) in [6, 6.07) is -0.175. The van der Waals surface area contributed by atoms with Gasteiger partial charge in [0.25, 0.3) is 0 Å². The molecule has 0 aliphatic carbocycles. The van der Waals surface area contributed by atoms with Crippen molar-refractivity contribution in [1.29, 1.82) is 0 Å². The maximum absolute atomic E-state index is 11.9. The van der Waals surface area contributed by atoms with E-state index in [1.807, 2.05) is 13.2 Å². The van der Waals surface area contributed by atoms with Gasteiger partial charge >= 0.3 is 12.0 Å². The Morgan fingerprint density at radius 1 is 1.47 bits per heavy atom. The van der Waals surface area contributed by atoms with E-state index in [1.54, 1.807) is 23.7 Å². The molecule has 0 saturated heterocycles. The first-order valence-corrected chi connectivity index (χ1v) is 7.56. The Bertz CT molecular complexity index is 310. The highest BCUT2D eigenvalue weighted by molar-refractivity contribution is 7.98. The lowest BCUT2D eigenvalue weighted by molar-refractivity contribution is -0.141. The van der Waals surface area contributed by atoms with Gasteiger partial charge in [0.15, 0.2) is 0 Å². The van der Waals surface area contributed by atoms with E-state index in [0.29, 0.717) is 0 Å². The van der Waals surface area contributed by atoms with Crippen molar-refractivity contribution >= 4 is 23.8 Å². The Morgan fingerprint density at radius 3 is 2.47 bits per heavy atom. The maximum Gasteiger partial charge on any atom is 0.317 e. The van der Waals surface area contributed by atoms with Gasteiger partial charge in [-0.05, 0) is 19.6 Å². The molecule has 0 rings (SSSR count). The minimum Gasteiger partial charge on any atom is -0.481 e. The van der Waals surface area contributed by atoms with Crippen LogP contribution in [-0.4, -0.2) is 64.4 Å². The first-order chi connectivity index (χ1) is 8.73. The Balaban J connectivity index is 4.33. The summed E-state index contributed by atoms with van der Waals surface area (Å²) in [7, 11) is 1.70. The molecule has 0 aromatic rings. The lowest BCUT2D eigenvalue weighted by Crippen LogP contribution is -2.49. The van der Waals surface area contributed by atoms with E-state index in [4.69, 9.17) is 5.11 Å². The fraction of sp³-hybridized carbons (Fsp3) is 0.833. The number of carboxylic acids is 1. The summed E-state index contributed by atoms with van der Waals surface area (Å²) >= 11 is 1.66. The molecule has 3 N–H and O–H groups in total. The average Bonchev–Trinajstić information content (AvgIpc) is 2.30. The highest BCUT2D eigenvalue weighted by Gasteiger charge is 2.26. The van der Waals surface area contributed by atoms with Gasteiger partial charge in [-0.15, -0.1) is 0 Å². The van der Waals surface area contributed by atoms with E-state index in [1.165, 1.54) is 6.92 Å². The van der Waals surface area contributed by atoms with Crippen LogP contribution in [0, 0.1) is 0 Å². The van der Waals surface area contributed by atoms with E-state index >= 15 is 0 Å². The molecule has 7 heteroatoms.